The Morgan fingerprint density at radius 1 is 1.67 bits per heavy atom. The van der Waals surface area contributed by atoms with Gasteiger partial charge < -0.3 is 15.4 Å². The van der Waals surface area contributed by atoms with E-state index in [1.807, 2.05) is 0 Å². The molecule has 0 aliphatic rings. The standard InChI is InChI=1S/C11H13ClN4O2/c1-7(5-13-2)15-11(17)16-8-4-9(12)10(18-3)14-6-8/h4-6H,1H2,2-3H3,(H2,15,16,17)/b13-5-. The number of ether oxygens (including phenoxy) is 1. The van der Waals surface area contributed by atoms with Crippen LogP contribution in [0.4, 0.5) is 10.5 Å². The Hall–Kier alpha value is -2.08. The minimum atomic E-state index is -0.456. The van der Waals surface area contributed by atoms with Crippen LogP contribution in [0, 0.1) is 0 Å². The Bertz CT molecular complexity index is 488. The van der Waals surface area contributed by atoms with Crippen LogP contribution < -0.4 is 15.4 Å². The molecular formula is C11H13ClN4O2. The molecule has 1 aromatic rings. The predicted molar refractivity (Wildman–Crippen MR) is 71.5 cm³/mol. The number of hydrogen-bond acceptors (Lipinski definition) is 4. The van der Waals surface area contributed by atoms with E-state index in [9.17, 15) is 4.79 Å². The molecule has 6 nitrogen and oxygen atoms in total. The van der Waals surface area contributed by atoms with Gasteiger partial charge in [-0.05, 0) is 6.07 Å². The molecule has 7 heteroatoms. The van der Waals surface area contributed by atoms with E-state index in [-0.39, 0.29) is 0 Å². The molecule has 0 radical (unpaired) electrons. The van der Waals surface area contributed by atoms with Crippen LogP contribution in [0.5, 0.6) is 5.88 Å². The van der Waals surface area contributed by atoms with Crippen molar-refractivity contribution < 1.29 is 9.53 Å². The molecule has 0 aliphatic heterocycles. The number of carbonyl (C=O) groups excluding carboxylic acids is 1. The first-order valence-electron chi connectivity index (χ1n) is 4.95. The maximum absolute atomic E-state index is 11.5. The summed E-state index contributed by atoms with van der Waals surface area (Å²) in [6.45, 7) is 3.59. The monoisotopic (exact) mass is 268 g/mol. The van der Waals surface area contributed by atoms with Crippen molar-refractivity contribution in [1.29, 1.82) is 0 Å². The molecule has 0 fully saturated rings. The SMILES string of the molecule is C=C(/C=N\C)NC(=O)Nc1cnc(OC)c(Cl)c1. The minimum Gasteiger partial charge on any atom is -0.480 e. The Morgan fingerprint density at radius 2 is 2.39 bits per heavy atom. The fourth-order valence-corrected chi connectivity index (χ4v) is 1.38. The van der Waals surface area contributed by atoms with Crippen LogP contribution in [-0.4, -0.2) is 31.4 Å². The van der Waals surface area contributed by atoms with Gasteiger partial charge >= 0.3 is 6.03 Å². The second-order valence-electron chi connectivity index (χ2n) is 3.21. The zero-order chi connectivity index (χ0) is 13.5. The molecule has 0 unspecified atom stereocenters. The fraction of sp³-hybridized carbons (Fsp3) is 0.182. The summed E-state index contributed by atoms with van der Waals surface area (Å²) in [6.07, 6.45) is 2.86. The number of nitrogens with one attached hydrogen (secondary N) is 2. The summed E-state index contributed by atoms with van der Waals surface area (Å²) in [6, 6.07) is 1.08. The quantitative estimate of drug-likeness (QED) is 0.821. The highest BCUT2D eigenvalue weighted by Crippen LogP contribution is 2.23. The number of aliphatic imine (C=N–C) groups is 1. The molecule has 2 amide bonds. The van der Waals surface area contributed by atoms with Gasteiger partial charge in [-0.3, -0.25) is 4.99 Å². The highest BCUT2D eigenvalue weighted by molar-refractivity contribution is 6.32. The number of halogens is 1. The molecule has 0 bridgehead atoms. The average molecular weight is 269 g/mol. The summed E-state index contributed by atoms with van der Waals surface area (Å²) in [5, 5.41) is 5.34. The summed E-state index contributed by atoms with van der Waals surface area (Å²) in [4.78, 5) is 19.2. The van der Waals surface area contributed by atoms with Crippen LogP contribution in [0.3, 0.4) is 0 Å². The number of carbonyl (C=O) groups is 1. The molecule has 0 aliphatic carbocycles. The van der Waals surface area contributed by atoms with Crippen molar-refractivity contribution in [1.82, 2.24) is 10.3 Å². The van der Waals surface area contributed by atoms with Gasteiger partial charge in [0.25, 0.3) is 0 Å². The molecule has 0 saturated carbocycles. The van der Waals surface area contributed by atoms with Crippen LogP contribution in [0.2, 0.25) is 5.02 Å². The van der Waals surface area contributed by atoms with Crippen molar-refractivity contribution in [3.05, 3.63) is 29.6 Å². The maximum Gasteiger partial charge on any atom is 0.323 e. The third-order valence-corrected chi connectivity index (χ3v) is 2.09. The van der Waals surface area contributed by atoms with Crippen molar-refractivity contribution >= 4 is 29.5 Å². The summed E-state index contributed by atoms with van der Waals surface area (Å²) in [5.74, 6) is 0.296. The lowest BCUT2D eigenvalue weighted by Crippen LogP contribution is -2.28. The van der Waals surface area contributed by atoms with Gasteiger partial charge in [0.1, 0.15) is 5.02 Å². The van der Waals surface area contributed by atoms with E-state index in [1.165, 1.54) is 25.6 Å². The Balaban J connectivity index is 2.65. The average Bonchev–Trinajstić information content (AvgIpc) is 2.29. The van der Waals surface area contributed by atoms with Crippen LogP contribution in [0.15, 0.2) is 29.5 Å². The molecule has 18 heavy (non-hydrogen) atoms. The molecule has 1 aromatic heterocycles. The fourth-order valence-electron chi connectivity index (χ4n) is 1.14. The topological polar surface area (TPSA) is 75.6 Å². The predicted octanol–water partition coefficient (Wildman–Crippen LogP) is 2.08. The molecule has 1 rings (SSSR count). The number of methoxy groups -OCH3 is 1. The molecule has 1 heterocycles. The van der Waals surface area contributed by atoms with Gasteiger partial charge in [0.15, 0.2) is 0 Å². The number of aromatic nitrogens is 1. The van der Waals surface area contributed by atoms with Gasteiger partial charge in [-0.2, -0.15) is 0 Å². The lowest BCUT2D eigenvalue weighted by Gasteiger charge is -2.08. The summed E-state index contributed by atoms with van der Waals surface area (Å²) < 4.78 is 4.90. The van der Waals surface area contributed by atoms with E-state index >= 15 is 0 Å². The number of anilines is 1. The Kier molecular flexibility index (Phi) is 5.13. The molecular weight excluding hydrogens is 256 g/mol. The summed E-state index contributed by atoms with van der Waals surface area (Å²) >= 11 is 5.87. The van der Waals surface area contributed by atoms with E-state index in [1.54, 1.807) is 7.05 Å². The third kappa shape index (κ3) is 4.06. The van der Waals surface area contributed by atoms with Crippen molar-refractivity contribution in [2.24, 2.45) is 4.99 Å². The smallest absolute Gasteiger partial charge is 0.323 e. The number of nitrogens with zero attached hydrogens (tertiary/aromatic N) is 2. The highest BCUT2D eigenvalue weighted by Gasteiger charge is 2.06. The molecule has 0 aromatic carbocycles. The van der Waals surface area contributed by atoms with Gasteiger partial charge in [-0.15, -0.1) is 0 Å². The lowest BCUT2D eigenvalue weighted by molar-refractivity contribution is 0.254. The Morgan fingerprint density at radius 3 is 2.94 bits per heavy atom. The first-order valence-corrected chi connectivity index (χ1v) is 5.33. The number of hydrogen-bond donors (Lipinski definition) is 2. The van der Waals surface area contributed by atoms with Crippen LogP contribution in [0.1, 0.15) is 0 Å². The zero-order valence-electron chi connectivity index (χ0n) is 10.0. The van der Waals surface area contributed by atoms with Crippen LogP contribution >= 0.6 is 11.6 Å². The van der Waals surface area contributed by atoms with E-state index in [0.717, 1.165) is 0 Å². The molecule has 96 valence electrons. The first kappa shape index (κ1) is 14.0. The normalized spacial score (nSPS) is 10.2. The van der Waals surface area contributed by atoms with Crippen molar-refractivity contribution in [3.63, 3.8) is 0 Å². The number of pyridine rings is 1. The maximum atomic E-state index is 11.5. The summed E-state index contributed by atoms with van der Waals surface area (Å²) in [5.41, 5.74) is 0.821. The summed E-state index contributed by atoms with van der Waals surface area (Å²) in [7, 11) is 3.04. The number of urea groups is 1. The minimum absolute atomic E-state index is 0.296. The van der Waals surface area contributed by atoms with Gasteiger partial charge in [-0.1, -0.05) is 18.2 Å². The molecule has 2 N–H and O–H groups in total. The van der Waals surface area contributed by atoms with Crippen molar-refractivity contribution in [2.45, 2.75) is 0 Å². The zero-order valence-corrected chi connectivity index (χ0v) is 10.8. The Labute approximate surface area is 110 Å². The lowest BCUT2D eigenvalue weighted by atomic mass is 10.4. The molecule has 0 saturated heterocycles. The van der Waals surface area contributed by atoms with Gasteiger partial charge in [0.2, 0.25) is 5.88 Å². The first-order chi connectivity index (χ1) is 8.56. The van der Waals surface area contributed by atoms with Gasteiger partial charge in [-0.25, -0.2) is 9.78 Å². The van der Waals surface area contributed by atoms with Crippen molar-refractivity contribution in [2.75, 3.05) is 19.5 Å². The van der Waals surface area contributed by atoms with Crippen molar-refractivity contribution in [3.8, 4) is 5.88 Å². The third-order valence-electron chi connectivity index (χ3n) is 1.82. The molecule has 0 atom stereocenters. The van der Waals surface area contributed by atoms with E-state index in [2.05, 4.69) is 27.2 Å². The number of allylic oxidation sites excluding steroid dienone is 1. The number of rotatable bonds is 4. The second-order valence-corrected chi connectivity index (χ2v) is 3.61. The van der Waals surface area contributed by atoms with Crippen LogP contribution in [-0.2, 0) is 0 Å². The van der Waals surface area contributed by atoms with E-state index < -0.39 is 6.03 Å². The molecule has 0 spiro atoms. The van der Waals surface area contributed by atoms with Gasteiger partial charge in [0, 0.05) is 13.3 Å². The van der Waals surface area contributed by atoms with Gasteiger partial charge in [0.05, 0.1) is 24.7 Å². The number of amides is 2. The van der Waals surface area contributed by atoms with E-state index in [4.69, 9.17) is 16.3 Å². The van der Waals surface area contributed by atoms with Crippen LogP contribution in [0.25, 0.3) is 0 Å². The van der Waals surface area contributed by atoms with E-state index in [0.29, 0.717) is 22.3 Å². The second kappa shape index (κ2) is 6.61. The largest absolute Gasteiger partial charge is 0.480 e. The highest BCUT2D eigenvalue weighted by atomic mass is 35.5.